The summed E-state index contributed by atoms with van der Waals surface area (Å²) in [5.41, 5.74) is 0.917. The van der Waals surface area contributed by atoms with Gasteiger partial charge in [-0.3, -0.25) is 14.4 Å². The van der Waals surface area contributed by atoms with Crippen LogP contribution < -0.4 is 10.6 Å². The molecule has 3 fully saturated rings. The van der Waals surface area contributed by atoms with Gasteiger partial charge in [-0.1, -0.05) is 86.3 Å². The zero-order valence-electron chi connectivity index (χ0n) is 23.4. The van der Waals surface area contributed by atoms with Gasteiger partial charge in [0.25, 0.3) is 0 Å². The van der Waals surface area contributed by atoms with Crippen molar-refractivity contribution in [1.29, 1.82) is 0 Å². The van der Waals surface area contributed by atoms with Crippen molar-refractivity contribution >= 4 is 46.6 Å². The molecule has 4 aliphatic rings. The van der Waals surface area contributed by atoms with Gasteiger partial charge in [0.2, 0.25) is 17.7 Å². The van der Waals surface area contributed by atoms with Crippen LogP contribution in [0, 0.1) is 30.6 Å². The van der Waals surface area contributed by atoms with E-state index in [4.69, 9.17) is 27.9 Å². The highest BCUT2D eigenvalue weighted by Crippen LogP contribution is 2.55. The lowest BCUT2D eigenvalue weighted by molar-refractivity contribution is -0.142. The van der Waals surface area contributed by atoms with Gasteiger partial charge in [-0.15, -0.1) is 0 Å². The Labute approximate surface area is 250 Å². The summed E-state index contributed by atoms with van der Waals surface area (Å²) in [6.45, 7) is 6.41. The molecule has 2 bridgehead atoms. The maximum absolute atomic E-state index is 14.3. The van der Waals surface area contributed by atoms with Crippen LogP contribution in [0.25, 0.3) is 0 Å². The highest BCUT2D eigenvalue weighted by atomic mass is 35.5. The predicted molar refractivity (Wildman–Crippen MR) is 158 cm³/mol. The monoisotopic (exact) mass is 595 g/mol. The maximum Gasteiger partial charge on any atom is 0.246 e. The Hall–Kier alpha value is -2.87. The topological polar surface area (TPSA) is 87.7 Å². The third kappa shape index (κ3) is 4.76. The molecule has 1 spiro atoms. The van der Waals surface area contributed by atoms with E-state index in [2.05, 4.69) is 24.5 Å². The van der Waals surface area contributed by atoms with Gasteiger partial charge in [-0.2, -0.15) is 0 Å². The fourth-order valence-corrected chi connectivity index (χ4v) is 7.57. The number of hydrogen-bond acceptors (Lipinski definition) is 4. The van der Waals surface area contributed by atoms with Crippen molar-refractivity contribution in [2.75, 3.05) is 5.32 Å². The van der Waals surface area contributed by atoms with Crippen LogP contribution >= 0.6 is 23.2 Å². The van der Waals surface area contributed by atoms with E-state index in [9.17, 15) is 14.4 Å². The number of aryl methyl sites for hydroxylation is 1. The van der Waals surface area contributed by atoms with Crippen LogP contribution in [0.3, 0.4) is 0 Å². The van der Waals surface area contributed by atoms with Gasteiger partial charge in [-0.05, 0) is 54.5 Å². The van der Waals surface area contributed by atoms with Gasteiger partial charge in [-0.25, -0.2) is 0 Å². The lowest BCUT2D eigenvalue weighted by Gasteiger charge is -2.38. The standard InChI is InChI=1S/C32H35Cl2N3O4/c1-17-7-6-10-24(19(17)3)36-30(39)28-32-14-13-25(41-32)26(29(38)35-21-12-11-18(2)23(34)15-21)27(32)31(40)37(28)16-20-8-4-5-9-22(20)33/h4-5,8-9,11-15,17,19,24-28H,6-7,10,16H2,1-3H3,(H,35,38)(H,36,39)/t17-,19-,24+,25+,26-,27+,28+,32+/m0/s1. The van der Waals surface area contributed by atoms with Crippen LogP contribution in [-0.2, 0) is 25.7 Å². The van der Waals surface area contributed by atoms with Crippen LogP contribution in [0.15, 0.2) is 54.6 Å². The molecule has 216 valence electrons. The van der Waals surface area contributed by atoms with Gasteiger partial charge in [0.15, 0.2) is 0 Å². The van der Waals surface area contributed by atoms with Gasteiger partial charge in [0, 0.05) is 28.3 Å². The summed E-state index contributed by atoms with van der Waals surface area (Å²) < 4.78 is 6.48. The third-order valence-corrected chi connectivity index (χ3v) is 10.5. The Balaban J connectivity index is 1.34. The molecule has 0 radical (unpaired) electrons. The molecule has 1 aliphatic carbocycles. The molecule has 0 aromatic heterocycles. The molecular weight excluding hydrogens is 561 g/mol. The number of rotatable bonds is 6. The first-order chi connectivity index (χ1) is 19.6. The second kappa shape index (κ2) is 10.8. The Morgan fingerprint density at radius 2 is 1.85 bits per heavy atom. The number of fused-ring (bicyclic) bond motifs is 1. The summed E-state index contributed by atoms with van der Waals surface area (Å²) in [5.74, 6) is -1.72. The number of halogens is 2. The first-order valence-electron chi connectivity index (χ1n) is 14.4. The molecule has 3 heterocycles. The molecule has 2 aromatic rings. The summed E-state index contributed by atoms with van der Waals surface area (Å²) >= 11 is 12.8. The van der Waals surface area contributed by atoms with Crippen LogP contribution in [0.4, 0.5) is 5.69 Å². The summed E-state index contributed by atoms with van der Waals surface area (Å²) in [6, 6.07) is 11.7. The average molecular weight is 597 g/mol. The molecule has 7 nitrogen and oxygen atoms in total. The average Bonchev–Trinajstić information content (AvgIpc) is 3.58. The Kier molecular flexibility index (Phi) is 7.41. The number of ether oxygens (including phenoxy) is 1. The molecule has 0 unspecified atom stereocenters. The number of hydrogen-bond donors (Lipinski definition) is 2. The molecule has 9 heteroatoms. The maximum atomic E-state index is 14.3. The van der Waals surface area contributed by atoms with E-state index in [1.54, 1.807) is 23.1 Å². The lowest BCUT2D eigenvalue weighted by atomic mass is 9.73. The Morgan fingerprint density at radius 1 is 1.07 bits per heavy atom. The zero-order chi connectivity index (χ0) is 29.1. The summed E-state index contributed by atoms with van der Waals surface area (Å²) in [4.78, 5) is 43.7. The fraction of sp³-hybridized carbons (Fsp3) is 0.469. The number of carbonyl (C=O) groups excluding carboxylic acids is 3. The minimum absolute atomic E-state index is 0.00642. The highest BCUT2D eigenvalue weighted by Gasteiger charge is 2.72. The number of likely N-dealkylation sites (tertiary alicyclic amines) is 1. The van der Waals surface area contributed by atoms with Crippen molar-refractivity contribution in [2.45, 2.75) is 70.4 Å². The van der Waals surface area contributed by atoms with Crippen LogP contribution in [0.5, 0.6) is 0 Å². The number of nitrogens with one attached hydrogen (secondary N) is 2. The molecule has 3 aliphatic heterocycles. The van der Waals surface area contributed by atoms with E-state index in [1.807, 2.05) is 43.3 Å². The van der Waals surface area contributed by atoms with E-state index >= 15 is 0 Å². The van der Waals surface area contributed by atoms with Crippen molar-refractivity contribution in [3.05, 3.63) is 75.8 Å². The molecule has 41 heavy (non-hydrogen) atoms. The number of carbonyl (C=O) groups is 3. The SMILES string of the molecule is Cc1ccc(NC(=O)[C@H]2[C@H]3C=C[C@@]4(O3)[C@H]2C(=O)N(Cc2ccccc2Cl)[C@@H]4C(=O)N[C@@H]2CCC[C@H](C)[C@@H]2C)cc1Cl. The molecule has 2 saturated heterocycles. The molecule has 2 N–H and O–H groups in total. The van der Waals surface area contributed by atoms with Crippen molar-refractivity contribution in [2.24, 2.45) is 23.7 Å². The first kappa shape index (κ1) is 28.3. The molecule has 3 amide bonds. The largest absolute Gasteiger partial charge is 0.359 e. The number of anilines is 1. The van der Waals surface area contributed by atoms with E-state index in [0.29, 0.717) is 27.6 Å². The molecule has 2 aromatic carbocycles. The van der Waals surface area contributed by atoms with Crippen LogP contribution in [0.1, 0.15) is 44.2 Å². The van der Waals surface area contributed by atoms with Gasteiger partial charge >= 0.3 is 0 Å². The summed E-state index contributed by atoms with van der Waals surface area (Å²) in [5, 5.41) is 7.26. The lowest BCUT2D eigenvalue weighted by Crippen LogP contribution is -2.57. The van der Waals surface area contributed by atoms with Gasteiger partial charge in [0.1, 0.15) is 11.6 Å². The molecule has 6 rings (SSSR count). The minimum atomic E-state index is -1.25. The Bertz CT molecular complexity index is 1430. The normalized spacial score (nSPS) is 33.6. The first-order valence-corrected chi connectivity index (χ1v) is 15.1. The summed E-state index contributed by atoms with van der Waals surface area (Å²) in [7, 11) is 0. The van der Waals surface area contributed by atoms with E-state index in [1.165, 1.54) is 0 Å². The number of nitrogens with zero attached hydrogens (tertiary/aromatic N) is 1. The second-order valence-corrected chi connectivity index (χ2v) is 12.9. The van der Waals surface area contributed by atoms with Crippen molar-refractivity contribution in [1.82, 2.24) is 10.2 Å². The minimum Gasteiger partial charge on any atom is -0.359 e. The van der Waals surface area contributed by atoms with Crippen LogP contribution in [-0.4, -0.2) is 46.4 Å². The van der Waals surface area contributed by atoms with Crippen molar-refractivity contribution in [3.63, 3.8) is 0 Å². The van der Waals surface area contributed by atoms with Gasteiger partial charge < -0.3 is 20.3 Å². The van der Waals surface area contributed by atoms with E-state index < -0.39 is 29.6 Å². The molecular formula is C32H35Cl2N3O4. The van der Waals surface area contributed by atoms with Gasteiger partial charge in [0.05, 0.1) is 17.9 Å². The quantitative estimate of drug-likeness (QED) is 0.430. The highest BCUT2D eigenvalue weighted by molar-refractivity contribution is 6.31. The molecule has 8 atom stereocenters. The zero-order valence-corrected chi connectivity index (χ0v) is 24.9. The predicted octanol–water partition coefficient (Wildman–Crippen LogP) is 5.53. The third-order valence-electron chi connectivity index (χ3n) is 9.70. The Morgan fingerprint density at radius 3 is 2.61 bits per heavy atom. The van der Waals surface area contributed by atoms with Crippen molar-refractivity contribution in [3.8, 4) is 0 Å². The van der Waals surface area contributed by atoms with Crippen LogP contribution in [0.2, 0.25) is 10.0 Å². The summed E-state index contributed by atoms with van der Waals surface area (Å²) in [6.07, 6.45) is 6.10. The van der Waals surface area contributed by atoms with Crippen molar-refractivity contribution < 1.29 is 19.1 Å². The molecule has 1 saturated carbocycles. The smallest absolute Gasteiger partial charge is 0.246 e. The number of amides is 3. The number of benzene rings is 2. The van der Waals surface area contributed by atoms with E-state index in [-0.39, 0.29) is 30.3 Å². The fourth-order valence-electron chi connectivity index (χ4n) is 7.19. The van der Waals surface area contributed by atoms with E-state index in [0.717, 1.165) is 30.4 Å². The second-order valence-electron chi connectivity index (χ2n) is 12.1.